The molecule has 0 saturated heterocycles. The van der Waals surface area contributed by atoms with E-state index < -0.39 is 0 Å². The van der Waals surface area contributed by atoms with Crippen molar-refractivity contribution in [1.29, 1.82) is 0 Å². The van der Waals surface area contributed by atoms with Gasteiger partial charge in [0.05, 0.1) is 0 Å². The van der Waals surface area contributed by atoms with Crippen LogP contribution in [-0.2, 0) is 0 Å². The van der Waals surface area contributed by atoms with Crippen molar-refractivity contribution in [2.75, 3.05) is 12.4 Å². The minimum atomic E-state index is 0.265. The number of nitrogens with two attached hydrogens (primary N) is 1. The molecule has 1 rings (SSSR count). The van der Waals surface area contributed by atoms with Gasteiger partial charge in [-0.15, -0.1) is 9.24 Å². The summed E-state index contributed by atoms with van der Waals surface area (Å²) in [4.78, 5) is 0. The van der Waals surface area contributed by atoms with Crippen LogP contribution in [0.15, 0.2) is 18.2 Å². The molecule has 0 aliphatic heterocycles. The molecule has 0 radical (unpaired) electrons. The summed E-state index contributed by atoms with van der Waals surface area (Å²) in [5.41, 5.74) is 7.11. The number of aryl methyl sites for hydroxylation is 1. The summed E-state index contributed by atoms with van der Waals surface area (Å²) in [7, 11) is 2.42. The van der Waals surface area contributed by atoms with Crippen molar-refractivity contribution in [3.63, 3.8) is 0 Å². The van der Waals surface area contributed by atoms with Crippen molar-refractivity contribution in [2.24, 2.45) is 0 Å². The average Bonchev–Trinajstić information content (AvgIpc) is 2.18. The van der Waals surface area contributed by atoms with Gasteiger partial charge < -0.3 is 10.8 Å². The van der Waals surface area contributed by atoms with E-state index >= 15 is 0 Å². The van der Waals surface area contributed by atoms with Gasteiger partial charge in [-0.1, -0.05) is 20.5 Å². The molecule has 0 heterocycles. The molecule has 3 heteroatoms. The number of hydrogen-bond donors (Lipinski definition) is 2. The largest absolute Gasteiger partial charge is 0.508 e. The Balaban J connectivity index is 0. The quantitative estimate of drug-likeness (QED) is 0.385. The average molecular weight is 201 g/mol. The number of aromatic hydroxyl groups is 1. The molecule has 13 heavy (non-hydrogen) atoms. The number of hydrogen-bond acceptors (Lipinski definition) is 2. The molecule has 0 aliphatic rings. The summed E-state index contributed by atoms with van der Waals surface area (Å²) in [5.74, 6) is 0.265. The van der Waals surface area contributed by atoms with Crippen LogP contribution < -0.4 is 5.73 Å². The molecule has 76 valence electrons. The van der Waals surface area contributed by atoms with Crippen molar-refractivity contribution in [3.05, 3.63) is 23.8 Å². The van der Waals surface area contributed by atoms with Crippen LogP contribution in [0.3, 0.4) is 0 Å². The molecule has 2 nitrogen and oxygen atoms in total. The predicted molar refractivity (Wildman–Crippen MR) is 64.2 cm³/mol. The van der Waals surface area contributed by atoms with Gasteiger partial charge >= 0.3 is 0 Å². The Kier molecular flexibility index (Phi) is 10.6. The first-order valence-corrected chi connectivity index (χ1v) is 5.48. The number of anilines is 1. The van der Waals surface area contributed by atoms with Gasteiger partial charge in [-0.2, -0.15) is 0 Å². The zero-order valence-electron chi connectivity index (χ0n) is 8.83. The van der Waals surface area contributed by atoms with Crippen LogP contribution in [0, 0.1) is 6.92 Å². The first-order valence-electron chi connectivity index (χ1n) is 4.33. The molecule has 0 aliphatic carbocycles. The maximum absolute atomic E-state index is 8.88. The van der Waals surface area contributed by atoms with Gasteiger partial charge in [0.25, 0.3) is 0 Å². The standard InChI is InChI=1S/C7H9NO.C2H6.CH5P/c1-5-4-6(9)2-3-7(5)8;2*1-2/h2-4,9H,8H2,1H3;1-2H3;2H2,1H3. The molecule has 1 unspecified atom stereocenters. The van der Waals surface area contributed by atoms with E-state index in [1.165, 1.54) is 0 Å². The number of rotatable bonds is 0. The lowest BCUT2D eigenvalue weighted by atomic mass is 10.2. The highest BCUT2D eigenvalue weighted by molar-refractivity contribution is 7.15. The number of phenols is 1. The Morgan fingerprint density at radius 1 is 1.23 bits per heavy atom. The summed E-state index contributed by atoms with van der Waals surface area (Å²) in [6.45, 7) is 7.77. The van der Waals surface area contributed by atoms with Gasteiger partial charge in [0.15, 0.2) is 0 Å². The third kappa shape index (κ3) is 6.41. The highest BCUT2D eigenvalue weighted by Crippen LogP contribution is 2.16. The van der Waals surface area contributed by atoms with E-state index in [1.54, 1.807) is 18.2 Å². The number of nitrogen functional groups attached to an aromatic ring is 1. The second-order valence-corrected chi connectivity index (χ2v) is 2.04. The van der Waals surface area contributed by atoms with Gasteiger partial charge in [0.2, 0.25) is 0 Å². The molecule has 1 aromatic rings. The lowest BCUT2D eigenvalue weighted by molar-refractivity contribution is 0.475. The van der Waals surface area contributed by atoms with E-state index in [0.717, 1.165) is 5.56 Å². The van der Waals surface area contributed by atoms with Crippen molar-refractivity contribution < 1.29 is 5.11 Å². The third-order valence-electron chi connectivity index (χ3n) is 1.25. The first kappa shape index (κ1) is 14.8. The van der Waals surface area contributed by atoms with Crippen LogP contribution in [0.25, 0.3) is 0 Å². The lowest BCUT2D eigenvalue weighted by Crippen LogP contribution is -1.86. The maximum atomic E-state index is 8.88. The Morgan fingerprint density at radius 3 is 2.00 bits per heavy atom. The van der Waals surface area contributed by atoms with Crippen molar-refractivity contribution in [2.45, 2.75) is 20.8 Å². The number of phenolic OH excluding ortho intramolecular Hbond substituents is 1. The van der Waals surface area contributed by atoms with E-state index in [4.69, 9.17) is 10.8 Å². The molecule has 0 aromatic heterocycles. The van der Waals surface area contributed by atoms with Gasteiger partial charge in [0, 0.05) is 5.69 Å². The maximum Gasteiger partial charge on any atom is 0.115 e. The van der Waals surface area contributed by atoms with Crippen molar-refractivity contribution >= 4 is 14.9 Å². The van der Waals surface area contributed by atoms with Crippen molar-refractivity contribution in [3.8, 4) is 5.75 Å². The van der Waals surface area contributed by atoms with Crippen LogP contribution >= 0.6 is 9.24 Å². The summed E-state index contributed by atoms with van der Waals surface area (Å²) in [6, 6.07) is 4.89. The molecule has 3 N–H and O–H groups in total. The third-order valence-corrected chi connectivity index (χ3v) is 1.25. The molecular formula is C10H20NOP. The van der Waals surface area contributed by atoms with Crippen molar-refractivity contribution in [1.82, 2.24) is 0 Å². The molecule has 0 saturated carbocycles. The minimum Gasteiger partial charge on any atom is -0.508 e. The molecule has 0 bridgehead atoms. The van der Waals surface area contributed by atoms with Gasteiger partial charge in [-0.25, -0.2) is 0 Å². The molecule has 0 amide bonds. The Labute approximate surface area is 83.4 Å². The fourth-order valence-electron chi connectivity index (χ4n) is 0.660. The SMILES string of the molecule is CC.CP.Cc1cc(O)ccc1N. The smallest absolute Gasteiger partial charge is 0.115 e. The Bertz CT molecular complexity index is 226. The fraction of sp³-hybridized carbons (Fsp3) is 0.400. The molecule has 1 aromatic carbocycles. The van der Waals surface area contributed by atoms with Gasteiger partial charge in [-0.3, -0.25) is 0 Å². The zero-order chi connectivity index (χ0) is 10.9. The van der Waals surface area contributed by atoms with E-state index in [9.17, 15) is 0 Å². The monoisotopic (exact) mass is 201 g/mol. The van der Waals surface area contributed by atoms with Crippen LogP contribution in [-0.4, -0.2) is 11.8 Å². The number of benzene rings is 1. The molecule has 1 atom stereocenters. The zero-order valence-corrected chi connectivity index (χ0v) is 9.99. The minimum absolute atomic E-state index is 0.265. The van der Waals surface area contributed by atoms with Crippen LogP contribution in [0.4, 0.5) is 5.69 Å². The van der Waals surface area contributed by atoms with Crippen LogP contribution in [0.2, 0.25) is 0 Å². The normalized spacial score (nSPS) is 7.46. The topological polar surface area (TPSA) is 46.2 Å². The van der Waals surface area contributed by atoms with Crippen LogP contribution in [0.5, 0.6) is 5.75 Å². The second-order valence-electron chi connectivity index (χ2n) is 2.04. The lowest BCUT2D eigenvalue weighted by Gasteiger charge is -1.97. The molecule has 0 spiro atoms. The van der Waals surface area contributed by atoms with E-state index in [2.05, 4.69) is 9.24 Å². The van der Waals surface area contributed by atoms with E-state index in [0.29, 0.717) is 5.69 Å². The summed E-state index contributed by atoms with van der Waals surface area (Å²) in [5, 5.41) is 8.88. The highest BCUT2D eigenvalue weighted by atomic mass is 31.0. The fourth-order valence-corrected chi connectivity index (χ4v) is 0.660. The second kappa shape index (κ2) is 9.34. The summed E-state index contributed by atoms with van der Waals surface area (Å²) >= 11 is 0. The van der Waals surface area contributed by atoms with Gasteiger partial charge in [-0.05, 0) is 30.7 Å². The summed E-state index contributed by atoms with van der Waals surface area (Å²) < 4.78 is 0. The predicted octanol–water partition coefficient (Wildman–Crippen LogP) is 2.80. The first-order chi connectivity index (χ1) is 6.20. The Hall–Kier alpha value is -0.750. The van der Waals surface area contributed by atoms with Crippen LogP contribution in [0.1, 0.15) is 19.4 Å². The molecular weight excluding hydrogens is 181 g/mol. The van der Waals surface area contributed by atoms with Gasteiger partial charge in [0.1, 0.15) is 5.75 Å². The van der Waals surface area contributed by atoms with E-state index in [-0.39, 0.29) is 5.75 Å². The highest BCUT2D eigenvalue weighted by Gasteiger charge is 1.91. The molecule has 0 fully saturated rings. The Morgan fingerprint density at radius 2 is 1.69 bits per heavy atom. The van der Waals surface area contributed by atoms with E-state index in [1.807, 2.05) is 27.4 Å². The summed E-state index contributed by atoms with van der Waals surface area (Å²) in [6.07, 6.45) is 0.